The van der Waals surface area contributed by atoms with Gasteiger partial charge in [-0.1, -0.05) is 30.4 Å². The number of carbonyl (C=O) groups is 2. The molecule has 0 aromatic heterocycles. The van der Waals surface area contributed by atoms with Crippen LogP contribution in [-0.4, -0.2) is 11.8 Å². The summed E-state index contributed by atoms with van der Waals surface area (Å²) >= 11 is 0. The maximum absolute atomic E-state index is 11.6. The van der Waals surface area contributed by atoms with E-state index >= 15 is 0 Å². The smallest absolute Gasteiger partial charge is 0.230 e. The van der Waals surface area contributed by atoms with E-state index in [1.165, 1.54) is 5.57 Å². The molecule has 0 aromatic carbocycles. The van der Waals surface area contributed by atoms with Gasteiger partial charge in [-0.3, -0.25) is 14.9 Å². The van der Waals surface area contributed by atoms with Gasteiger partial charge in [-0.2, -0.15) is 0 Å². The predicted octanol–water partition coefficient (Wildman–Crippen LogP) is 2.51. The summed E-state index contributed by atoms with van der Waals surface area (Å²) in [6.07, 6.45) is 7.46. The summed E-state index contributed by atoms with van der Waals surface area (Å²) in [5, 5.41) is 2.37. The van der Waals surface area contributed by atoms with E-state index in [9.17, 15) is 9.59 Å². The molecule has 1 unspecified atom stereocenters. The van der Waals surface area contributed by atoms with Crippen molar-refractivity contribution in [2.75, 3.05) is 0 Å². The first kappa shape index (κ1) is 13.4. The molecule has 1 atom stereocenters. The minimum absolute atomic E-state index is 0.109. The van der Waals surface area contributed by atoms with Crippen LogP contribution in [0.2, 0.25) is 0 Å². The summed E-state index contributed by atoms with van der Waals surface area (Å²) < 4.78 is 0. The highest BCUT2D eigenvalue weighted by atomic mass is 16.2. The van der Waals surface area contributed by atoms with Gasteiger partial charge in [0.15, 0.2) is 0 Å². The molecule has 1 N–H and O–H groups in total. The van der Waals surface area contributed by atoms with Crippen molar-refractivity contribution in [3.8, 4) is 0 Å². The lowest BCUT2D eigenvalue weighted by Gasteiger charge is -2.20. The average Bonchev–Trinajstić information content (AvgIpc) is 2.26. The van der Waals surface area contributed by atoms with E-state index in [0.717, 1.165) is 5.57 Å². The molecule has 0 radical (unpaired) electrons. The lowest BCUT2D eigenvalue weighted by Crippen LogP contribution is -2.40. The number of carbonyl (C=O) groups excluding carboxylic acids is 2. The molecule has 92 valence electrons. The lowest BCUT2D eigenvalue weighted by molar-refractivity contribution is -0.136. The Hall–Kier alpha value is -1.64. The first-order chi connectivity index (χ1) is 8.02. The van der Waals surface area contributed by atoms with Crippen LogP contribution in [0.15, 0.2) is 36.0 Å². The molecule has 1 rings (SSSR count). The zero-order valence-electron chi connectivity index (χ0n) is 10.5. The molecule has 1 aliphatic heterocycles. The molecule has 3 heteroatoms. The maximum Gasteiger partial charge on any atom is 0.230 e. The summed E-state index contributed by atoms with van der Waals surface area (Å²) in [5.41, 5.74) is 2.23. The highest BCUT2D eigenvalue weighted by Crippen LogP contribution is 2.21. The van der Waals surface area contributed by atoms with Crippen LogP contribution in [-0.2, 0) is 9.59 Å². The number of allylic oxidation sites excluding steroid dienone is 5. The fourth-order valence-corrected chi connectivity index (χ4v) is 1.71. The number of amides is 2. The molecule has 17 heavy (non-hydrogen) atoms. The number of hydrogen-bond acceptors (Lipinski definition) is 2. The van der Waals surface area contributed by atoms with Crippen LogP contribution in [0.1, 0.15) is 33.1 Å². The van der Waals surface area contributed by atoms with Crippen molar-refractivity contribution in [3.05, 3.63) is 36.0 Å². The first-order valence-electron chi connectivity index (χ1n) is 5.83. The predicted molar refractivity (Wildman–Crippen MR) is 68.2 cm³/mol. The minimum Gasteiger partial charge on any atom is -0.296 e. The van der Waals surface area contributed by atoms with Gasteiger partial charge < -0.3 is 0 Å². The summed E-state index contributed by atoms with van der Waals surface area (Å²) in [7, 11) is 0. The Morgan fingerprint density at radius 2 is 2.12 bits per heavy atom. The molecule has 1 heterocycles. The molecule has 1 fully saturated rings. The fourth-order valence-electron chi connectivity index (χ4n) is 1.71. The van der Waals surface area contributed by atoms with Crippen LogP contribution in [0.4, 0.5) is 0 Å². The molecule has 0 bridgehead atoms. The van der Waals surface area contributed by atoms with E-state index in [-0.39, 0.29) is 17.7 Å². The van der Waals surface area contributed by atoms with Crippen molar-refractivity contribution < 1.29 is 9.59 Å². The molecular weight excluding hydrogens is 214 g/mol. The first-order valence-corrected chi connectivity index (χ1v) is 5.83. The SMILES string of the molecule is C=C/C(=C\C=C(C)C)CC1CCC(=O)NC1=O. The van der Waals surface area contributed by atoms with Gasteiger partial charge in [0, 0.05) is 12.3 Å². The van der Waals surface area contributed by atoms with Crippen LogP contribution in [0.5, 0.6) is 0 Å². The molecule has 0 aliphatic carbocycles. The van der Waals surface area contributed by atoms with Crippen molar-refractivity contribution in [2.24, 2.45) is 5.92 Å². The van der Waals surface area contributed by atoms with Crippen molar-refractivity contribution in [2.45, 2.75) is 33.1 Å². The molecule has 0 saturated carbocycles. The Morgan fingerprint density at radius 1 is 1.41 bits per heavy atom. The quantitative estimate of drug-likeness (QED) is 0.599. The Labute approximate surface area is 102 Å². The van der Waals surface area contributed by atoms with E-state index in [1.807, 2.05) is 26.0 Å². The second-order valence-corrected chi connectivity index (χ2v) is 4.54. The summed E-state index contributed by atoms with van der Waals surface area (Å²) in [6, 6.07) is 0. The van der Waals surface area contributed by atoms with Gasteiger partial charge in [-0.05, 0) is 32.3 Å². The van der Waals surface area contributed by atoms with Crippen LogP contribution < -0.4 is 5.32 Å². The monoisotopic (exact) mass is 233 g/mol. The third-order valence-corrected chi connectivity index (χ3v) is 2.73. The fraction of sp³-hybridized carbons (Fsp3) is 0.429. The van der Waals surface area contributed by atoms with E-state index in [0.29, 0.717) is 19.3 Å². The van der Waals surface area contributed by atoms with E-state index in [1.54, 1.807) is 6.08 Å². The lowest BCUT2D eigenvalue weighted by atomic mass is 9.91. The van der Waals surface area contributed by atoms with Gasteiger partial charge in [0.2, 0.25) is 11.8 Å². The zero-order chi connectivity index (χ0) is 12.8. The molecule has 0 aromatic rings. The summed E-state index contributed by atoms with van der Waals surface area (Å²) in [5.74, 6) is -0.437. The Kier molecular flexibility index (Phi) is 4.88. The van der Waals surface area contributed by atoms with E-state index in [4.69, 9.17) is 0 Å². The van der Waals surface area contributed by atoms with Gasteiger partial charge in [0.25, 0.3) is 0 Å². The molecule has 1 saturated heterocycles. The minimum atomic E-state index is -0.167. The second kappa shape index (κ2) is 6.18. The number of rotatable bonds is 4. The molecular formula is C14H19NO2. The number of piperidine rings is 1. The number of hydrogen-bond donors (Lipinski definition) is 1. The van der Waals surface area contributed by atoms with Gasteiger partial charge in [-0.25, -0.2) is 0 Å². The summed E-state index contributed by atoms with van der Waals surface area (Å²) in [6.45, 7) is 7.78. The summed E-state index contributed by atoms with van der Waals surface area (Å²) in [4.78, 5) is 22.6. The van der Waals surface area contributed by atoms with Crippen LogP contribution in [0.25, 0.3) is 0 Å². The van der Waals surface area contributed by atoms with Gasteiger partial charge in [0.1, 0.15) is 0 Å². The molecule has 3 nitrogen and oxygen atoms in total. The highest BCUT2D eigenvalue weighted by molar-refractivity contribution is 5.98. The van der Waals surface area contributed by atoms with Crippen LogP contribution in [0, 0.1) is 5.92 Å². The average molecular weight is 233 g/mol. The molecule has 1 aliphatic rings. The van der Waals surface area contributed by atoms with Crippen LogP contribution >= 0.6 is 0 Å². The van der Waals surface area contributed by atoms with Gasteiger partial charge >= 0.3 is 0 Å². The maximum atomic E-state index is 11.6. The van der Waals surface area contributed by atoms with Crippen molar-refractivity contribution in [1.29, 1.82) is 0 Å². The molecule has 0 spiro atoms. The normalized spacial score (nSPS) is 20.8. The third-order valence-electron chi connectivity index (χ3n) is 2.73. The topological polar surface area (TPSA) is 46.2 Å². The standard InChI is InChI=1S/C14H19NO2/c1-4-11(6-5-10(2)3)9-12-7-8-13(16)15-14(12)17/h4-6,12H,1,7-9H2,2-3H3,(H,15,16,17)/b11-6+. The largest absolute Gasteiger partial charge is 0.296 e. The van der Waals surface area contributed by atoms with Gasteiger partial charge in [-0.15, -0.1) is 0 Å². The highest BCUT2D eigenvalue weighted by Gasteiger charge is 2.26. The van der Waals surface area contributed by atoms with Crippen molar-refractivity contribution in [3.63, 3.8) is 0 Å². The Morgan fingerprint density at radius 3 is 2.65 bits per heavy atom. The van der Waals surface area contributed by atoms with E-state index in [2.05, 4.69) is 11.9 Å². The Balaban J connectivity index is 2.66. The number of nitrogens with one attached hydrogen (secondary N) is 1. The van der Waals surface area contributed by atoms with E-state index < -0.39 is 0 Å². The van der Waals surface area contributed by atoms with Crippen LogP contribution in [0.3, 0.4) is 0 Å². The van der Waals surface area contributed by atoms with Crippen molar-refractivity contribution in [1.82, 2.24) is 5.32 Å². The third kappa shape index (κ3) is 4.39. The Bertz CT molecular complexity index is 387. The zero-order valence-corrected chi connectivity index (χ0v) is 10.5. The number of imide groups is 1. The van der Waals surface area contributed by atoms with Gasteiger partial charge in [0.05, 0.1) is 0 Å². The van der Waals surface area contributed by atoms with Crippen molar-refractivity contribution >= 4 is 11.8 Å². The molecule has 2 amide bonds. The second-order valence-electron chi connectivity index (χ2n) is 4.54.